The molecule has 0 radical (unpaired) electrons. The smallest absolute Gasteiger partial charge is 0.0280 e. The molecular weight excluding hydrogens is 202 g/mol. The maximum Gasteiger partial charge on any atom is 0.0280 e. The van der Waals surface area contributed by atoms with Gasteiger partial charge >= 0.3 is 0 Å². The molecule has 0 bridgehead atoms. The lowest BCUT2D eigenvalue weighted by Gasteiger charge is -2.24. The van der Waals surface area contributed by atoms with Gasteiger partial charge in [0.15, 0.2) is 0 Å². The Kier molecular flexibility index (Phi) is 2.12. The minimum absolute atomic E-state index is 0.530. The van der Waals surface area contributed by atoms with Crippen LogP contribution in [0.5, 0.6) is 0 Å². The number of hydrogen-bond acceptors (Lipinski definition) is 2. The Morgan fingerprint density at radius 2 is 2.20 bits per heavy atom. The second-order valence-electron chi connectivity index (χ2n) is 4.90. The summed E-state index contributed by atoms with van der Waals surface area (Å²) in [5.41, 5.74) is 7.40. The molecule has 1 heterocycles. The molecule has 2 aliphatic rings. The van der Waals surface area contributed by atoms with E-state index in [2.05, 4.69) is 43.0 Å². The summed E-state index contributed by atoms with van der Waals surface area (Å²) in [5, 5.41) is 0. The molecule has 2 unspecified atom stereocenters. The summed E-state index contributed by atoms with van der Waals surface area (Å²) < 4.78 is 0.530. The Labute approximate surface area is 95.4 Å². The van der Waals surface area contributed by atoms with Crippen LogP contribution in [-0.2, 0) is 0 Å². The molecule has 1 spiro atoms. The Morgan fingerprint density at radius 3 is 2.87 bits per heavy atom. The third kappa shape index (κ3) is 1.35. The molecule has 2 N–H and O–H groups in total. The molecule has 1 aromatic rings. The molecule has 15 heavy (non-hydrogen) atoms. The first-order valence-electron chi connectivity index (χ1n) is 5.75. The zero-order valence-corrected chi connectivity index (χ0v) is 9.89. The minimum atomic E-state index is 0.530. The second-order valence-corrected chi connectivity index (χ2v) is 6.35. The van der Waals surface area contributed by atoms with Gasteiger partial charge in [0.2, 0.25) is 0 Å². The highest BCUT2D eigenvalue weighted by molar-refractivity contribution is 8.01. The maximum absolute atomic E-state index is 5.85. The van der Waals surface area contributed by atoms with Crippen molar-refractivity contribution in [1.29, 1.82) is 0 Å². The molecule has 3 rings (SSSR count). The number of benzene rings is 1. The summed E-state index contributed by atoms with van der Waals surface area (Å²) in [5.74, 6) is 1.31. The van der Waals surface area contributed by atoms with E-state index in [1.165, 1.54) is 17.7 Å². The van der Waals surface area contributed by atoms with Crippen molar-refractivity contribution in [2.75, 3.05) is 6.54 Å². The molecule has 80 valence electrons. The van der Waals surface area contributed by atoms with E-state index in [1.54, 1.807) is 5.56 Å². The van der Waals surface area contributed by atoms with Crippen LogP contribution in [0.1, 0.15) is 31.2 Å². The lowest BCUT2D eigenvalue weighted by molar-refractivity contribution is 0.450. The molecule has 1 fully saturated rings. The number of rotatable bonds is 2. The standard InChI is InChI=1S/C13H17NS/c1-9(8-14)12-10-4-2-3-5-11(10)15-13(12)6-7-13/h2-5,9,12H,6-8,14H2,1H3. The van der Waals surface area contributed by atoms with Crippen LogP contribution < -0.4 is 5.73 Å². The molecule has 2 atom stereocenters. The maximum atomic E-state index is 5.85. The fourth-order valence-electron chi connectivity index (χ4n) is 2.89. The highest BCUT2D eigenvalue weighted by atomic mass is 32.2. The van der Waals surface area contributed by atoms with Gasteiger partial charge in [-0.2, -0.15) is 0 Å². The van der Waals surface area contributed by atoms with Crippen LogP contribution in [0.25, 0.3) is 0 Å². The normalized spacial score (nSPS) is 27.7. The van der Waals surface area contributed by atoms with Crippen molar-refractivity contribution in [3.8, 4) is 0 Å². The van der Waals surface area contributed by atoms with Crippen LogP contribution in [0.2, 0.25) is 0 Å². The topological polar surface area (TPSA) is 26.0 Å². The Bertz CT molecular complexity index is 384. The summed E-state index contributed by atoms with van der Waals surface area (Å²) in [4.78, 5) is 1.50. The predicted octanol–water partition coefficient (Wildman–Crippen LogP) is 3.00. The van der Waals surface area contributed by atoms with Crippen molar-refractivity contribution in [3.63, 3.8) is 0 Å². The summed E-state index contributed by atoms with van der Waals surface area (Å²) in [6.07, 6.45) is 2.75. The largest absolute Gasteiger partial charge is 0.330 e. The first-order chi connectivity index (χ1) is 7.27. The summed E-state index contributed by atoms with van der Waals surface area (Å²) >= 11 is 2.10. The van der Waals surface area contributed by atoms with Gasteiger partial charge in [-0.3, -0.25) is 0 Å². The molecular formula is C13H17NS. The van der Waals surface area contributed by atoms with Gasteiger partial charge in [-0.05, 0) is 36.9 Å². The lowest BCUT2D eigenvalue weighted by Crippen LogP contribution is -2.25. The fourth-order valence-corrected chi connectivity index (χ4v) is 4.58. The number of thioether (sulfide) groups is 1. The van der Waals surface area contributed by atoms with Gasteiger partial charge in [0, 0.05) is 15.6 Å². The number of hydrogen-bond donors (Lipinski definition) is 1. The van der Waals surface area contributed by atoms with Crippen LogP contribution in [0, 0.1) is 5.92 Å². The van der Waals surface area contributed by atoms with E-state index in [4.69, 9.17) is 5.73 Å². The van der Waals surface area contributed by atoms with E-state index in [0.717, 1.165) is 6.54 Å². The molecule has 0 aromatic heterocycles. The van der Waals surface area contributed by atoms with E-state index in [-0.39, 0.29) is 0 Å². The number of nitrogens with two attached hydrogens (primary N) is 1. The van der Waals surface area contributed by atoms with E-state index in [0.29, 0.717) is 16.6 Å². The van der Waals surface area contributed by atoms with Gasteiger partial charge in [-0.15, -0.1) is 11.8 Å². The van der Waals surface area contributed by atoms with Gasteiger partial charge in [0.1, 0.15) is 0 Å². The molecule has 0 saturated heterocycles. The zero-order valence-electron chi connectivity index (χ0n) is 9.07. The van der Waals surface area contributed by atoms with Crippen molar-refractivity contribution >= 4 is 11.8 Å². The van der Waals surface area contributed by atoms with Gasteiger partial charge in [0.25, 0.3) is 0 Å². The summed E-state index contributed by atoms with van der Waals surface area (Å²) in [6, 6.07) is 8.88. The molecule has 1 nitrogen and oxygen atoms in total. The SMILES string of the molecule is CC(CN)C1c2ccccc2SC12CC2. The molecule has 1 saturated carbocycles. The average Bonchev–Trinajstić information content (AvgIpc) is 2.93. The van der Waals surface area contributed by atoms with Crippen LogP contribution in [-0.4, -0.2) is 11.3 Å². The highest BCUT2D eigenvalue weighted by Gasteiger charge is 2.56. The van der Waals surface area contributed by atoms with Crippen LogP contribution in [0.3, 0.4) is 0 Å². The van der Waals surface area contributed by atoms with Gasteiger partial charge < -0.3 is 5.73 Å². The molecule has 1 aliphatic carbocycles. The lowest BCUT2D eigenvalue weighted by atomic mass is 9.83. The first kappa shape index (κ1) is 9.73. The zero-order chi connectivity index (χ0) is 10.5. The Hall–Kier alpha value is -0.470. The second kappa shape index (κ2) is 3.26. The van der Waals surface area contributed by atoms with Crippen molar-refractivity contribution < 1.29 is 0 Å². The molecule has 0 amide bonds. The van der Waals surface area contributed by atoms with Crippen LogP contribution in [0.4, 0.5) is 0 Å². The van der Waals surface area contributed by atoms with Crippen LogP contribution >= 0.6 is 11.8 Å². The third-order valence-corrected chi connectivity index (χ3v) is 5.48. The molecule has 2 heteroatoms. The molecule has 1 aromatic carbocycles. The van der Waals surface area contributed by atoms with Gasteiger partial charge in [-0.1, -0.05) is 25.1 Å². The highest BCUT2D eigenvalue weighted by Crippen LogP contribution is 2.67. The molecule has 1 aliphatic heterocycles. The van der Waals surface area contributed by atoms with Crippen molar-refractivity contribution in [3.05, 3.63) is 29.8 Å². The van der Waals surface area contributed by atoms with E-state index >= 15 is 0 Å². The van der Waals surface area contributed by atoms with Crippen molar-refractivity contribution in [1.82, 2.24) is 0 Å². The summed E-state index contributed by atoms with van der Waals surface area (Å²) in [7, 11) is 0. The Morgan fingerprint density at radius 1 is 1.47 bits per heavy atom. The van der Waals surface area contributed by atoms with Crippen molar-refractivity contribution in [2.45, 2.75) is 35.3 Å². The van der Waals surface area contributed by atoms with E-state index in [9.17, 15) is 0 Å². The van der Waals surface area contributed by atoms with Gasteiger partial charge in [0.05, 0.1) is 0 Å². The average molecular weight is 219 g/mol. The number of fused-ring (bicyclic) bond motifs is 1. The minimum Gasteiger partial charge on any atom is -0.330 e. The van der Waals surface area contributed by atoms with E-state index in [1.807, 2.05) is 0 Å². The van der Waals surface area contributed by atoms with Gasteiger partial charge in [-0.25, -0.2) is 0 Å². The quantitative estimate of drug-likeness (QED) is 0.827. The Balaban J connectivity index is 2.04. The first-order valence-corrected chi connectivity index (χ1v) is 6.56. The monoisotopic (exact) mass is 219 g/mol. The van der Waals surface area contributed by atoms with E-state index < -0.39 is 0 Å². The summed E-state index contributed by atoms with van der Waals surface area (Å²) in [6.45, 7) is 3.11. The predicted molar refractivity (Wildman–Crippen MR) is 65.2 cm³/mol. The fraction of sp³-hybridized carbons (Fsp3) is 0.538. The van der Waals surface area contributed by atoms with Crippen LogP contribution in [0.15, 0.2) is 29.2 Å². The van der Waals surface area contributed by atoms with Crippen molar-refractivity contribution in [2.24, 2.45) is 11.7 Å². The third-order valence-electron chi connectivity index (χ3n) is 3.82.